The number of rotatable bonds is 9. The molecular formula is C26H29N3O2. The second-order valence-electron chi connectivity index (χ2n) is 7.69. The molecule has 2 aromatic carbocycles. The molecule has 1 heterocycles. The summed E-state index contributed by atoms with van der Waals surface area (Å²) in [7, 11) is 1.65. The number of methoxy groups -OCH3 is 1. The van der Waals surface area contributed by atoms with Crippen LogP contribution >= 0.6 is 0 Å². The Morgan fingerprint density at radius 2 is 1.87 bits per heavy atom. The molecule has 31 heavy (non-hydrogen) atoms. The molecule has 0 bridgehead atoms. The van der Waals surface area contributed by atoms with Gasteiger partial charge in [-0.1, -0.05) is 26.0 Å². The fourth-order valence-electron chi connectivity index (χ4n) is 3.06. The van der Waals surface area contributed by atoms with Gasteiger partial charge in [-0.25, -0.2) is 0 Å². The lowest BCUT2D eigenvalue weighted by Gasteiger charge is -2.12. The highest BCUT2D eigenvalue weighted by molar-refractivity contribution is 5.95. The van der Waals surface area contributed by atoms with E-state index in [4.69, 9.17) is 4.74 Å². The van der Waals surface area contributed by atoms with Crippen molar-refractivity contribution in [3.05, 3.63) is 83.7 Å². The summed E-state index contributed by atoms with van der Waals surface area (Å²) in [5.41, 5.74) is 4.20. The summed E-state index contributed by atoms with van der Waals surface area (Å²) in [4.78, 5) is 16.7. The van der Waals surface area contributed by atoms with Gasteiger partial charge in [-0.2, -0.15) is 0 Å². The number of carbonyl (C=O) groups is 1. The summed E-state index contributed by atoms with van der Waals surface area (Å²) < 4.78 is 5.56. The summed E-state index contributed by atoms with van der Waals surface area (Å²) >= 11 is 0. The molecule has 1 amide bonds. The van der Waals surface area contributed by atoms with Crippen LogP contribution < -0.4 is 15.4 Å². The van der Waals surface area contributed by atoms with E-state index in [-0.39, 0.29) is 5.91 Å². The Balaban J connectivity index is 1.70. The summed E-state index contributed by atoms with van der Waals surface area (Å²) in [6.07, 6.45) is 6.66. The van der Waals surface area contributed by atoms with E-state index in [9.17, 15) is 4.79 Å². The van der Waals surface area contributed by atoms with E-state index >= 15 is 0 Å². The second-order valence-corrected chi connectivity index (χ2v) is 7.69. The van der Waals surface area contributed by atoms with Gasteiger partial charge in [0, 0.05) is 41.3 Å². The zero-order valence-corrected chi connectivity index (χ0v) is 18.3. The predicted octanol–water partition coefficient (Wildman–Crippen LogP) is 5.78. The Kier molecular flexibility index (Phi) is 7.82. The number of nitrogens with zero attached hydrogens (tertiary/aromatic N) is 1. The Hall–Kier alpha value is -3.60. The Labute approximate surface area is 184 Å². The molecular weight excluding hydrogens is 386 g/mol. The number of amides is 1. The predicted molar refractivity (Wildman–Crippen MR) is 128 cm³/mol. The van der Waals surface area contributed by atoms with Crippen molar-refractivity contribution in [3.8, 4) is 5.75 Å². The van der Waals surface area contributed by atoms with Crippen molar-refractivity contribution in [2.75, 3.05) is 19.0 Å². The van der Waals surface area contributed by atoms with Gasteiger partial charge in [-0.3, -0.25) is 9.78 Å². The number of hydrogen-bond donors (Lipinski definition) is 2. The highest BCUT2D eigenvalue weighted by Gasteiger charge is 2.08. The Bertz CT molecular complexity index is 1030. The molecule has 0 spiro atoms. The molecule has 0 atom stereocenters. The van der Waals surface area contributed by atoms with Gasteiger partial charge in [-0.15, -0.1) is 0 Å². The molecule has 0 aliphatic heterocycles. The lowest BCUT2D eigenvalue weighted by molar-refractivity contribution is 0.0952. The molecule has 0 unspecified atom stereocenters. The number of carbonyl (C=O) groups excluding carboxylic acids is 1. The minimum atomic E-state index is -0.0584. The maximum atomic E-state index is 12.4. The van der Waals surface area contributed by atoms with Crippen LogP contribution in [0.1, 0.15) is 41.9 Å². The van der Waals surface area contributed by atoms with Crippen LogP contribution in [0.25, 0.3) is 12.2 Å². The SMILES string of the molecule is COc1cc(Nc2cccc(C(=O)NCCC(C)C)c2)ccc1C=Cc1ccccn1. The van der Waals surface area contributed by atoms with Gasteiger partial charge in [0.15, 0.2) is 0 Å². The largest absolute Gasteiger partial charge is 0.496 e. The number of nitrogens with one attached hydrogen (secondary N) is 2. The molecule has 0 aliphatic rings. The van der Waals surface area contributed by atoms with Crippen LogP contribution in [-0.2, 0) is 0 Å². The van der Waals surface area contributed by atoms with Gasteiger partial charge in [0.1, 0.15) is 5.75 Å². The van der Waals surface area contributed by atoms with Gasteiger partial charge in [0.2, 0.25) is 0 Å². The maximum Gasteiger partial charge on any atom is 0.251 e. The minimum Gasteiger partial charge on any atom is -0.496 e. The number of hydrogen-bond acceptors (Lipinski definition) is 4. The molecule has 3 aromatic rings. The van der Waals surface area contributed by atoms with Crippen molar-refractivity contribution < 1.29 is 9.53 Å². The minimum absolute atomic E-state index is 0.0584. The fraction of sp³-hybridized carbons (Fsp3) is 0.231. The van der Waals surface area contributed by atoms with Crippen LogP contribution in [-0.4, -0.2) is 24.5 Å². The third-order valence-corrected chi connectivity index (χ3v) is 4.78. The second kappa shape index (κ2) is 11.0. The molecule has 160 valence electrons. The van der Waals surface area contributed by atoms with Crippen molar-refractivity contribution in [2.24, 2.45) is 5.92 Å². The van der Waals surface area contributed by atoms with E-state index < -0.39 is 0 Å². The zero-order valence-electron chi connectivity index (χ0n) is 18.3. The van der Waals surface area contributed by atoms with Crippen molar-refractivity contribution in [1.29, 1.82) is 0 Å². The lowest BCUT2D eigenvalue weighted by atomic mass is 10.1. The number of anilines is 2. The Morgan fingerprint density at radius 3 is 2.61 bits per heavy atom. The molecule has 0 radical (unpaired) electrons. The van der Waals surface area contributed by atoms with E-state index in [2.05, 4.69) is 29.5 Å². The first-order valence-electron chi connectivity index (χ1n) is 10.5. The molecule has 1 aromatic heterocycles. The summed E-state index contributed by atoms with van der Waals surface area (Å²) in [6, 6.07) is 19.2. The highest BCUT2D eigenvalue weighted by atomic mass is 16.5. The van der Waals surface area contributed by atoms with Gasteiger partial charge >= 0.3 is 0 Å². The Morgan fingerprint density at radius 1 is 1.03 bits per heavy atom. The van der Waals surface area contributed by atoms with Gasteiger partial charge in [0.05, 0.1) is 12.8 Å². The molecule has 2 N–H and O–H groups in total. The van der Waals surface area contributed by atoms with Crippen LogP contribution in [0.3, 0.4) is 0 Å². The highest BCUT2D eigenvalue weighted by Crippen LogP contribution is 2.27. The van der Waals surface area contributed by atoms with Crippen LogP contribution in [0.15, 0.2) is 66.9 Å². The number of pyridine rings is 1. The molecule has 0 saturated carbocycles. The number of benzene rings is 2. The van der Waals surface area contributed by atoms with Crippen molar-refractivity contribution in [1.82, 2.24) is 10.3 Å². The average Bonchev–Trinajstić information content (AvgIpc) is 2.78. The molecule has 0 aliphatic carbocycles. The van der Waals surface area contributed by atoms with Crippen LogP contribution in [0.5, 0.6) is 5.75 Å². The average molecular weight is 416 g/mol. The van der Waals surface area contributed by atoms with Crippen molar-refractivity contribution >= 4 is 29.4 Å². The van der Waals surface area contributed by atoms with Crippen molar-refractivity contribution in [3.63, 3.8) is 0 Å². The first kappa shape index (κ1) is 22.1. The summed E-state index contributed by atoms with van der Waals surface area (Å²) in [5, 5.41) is 6.33. The summed E-state index contributed by atoms with van der Waals surface area (Å²) in [6.45, 7) is 4.97. The molecule has 5 nitrogen and oxygen atoms in total. The molecule has 5 heteroatoms. The molecule has 3 rings (SSSR count). The van der Waals surface area contributed by atoms with Gasteiger partial charge in [0.25, 0.3) is 5.91 Å². The number of ether oxygens (including phenoxy) is 1. The standard InChI is InChI=1S/C26H29N3O2/c1-19(2)14-16-28-26(30)21-7-6-9-23(17-21)29-24-13-11-20(25(18-24)31-3)10-12-22-8-4-5-15-27-22/h4-13,15,17-19,29H,14,16H2,1-3H3,(H,28,30). The lowest BCUT2D eigenvalue weighted by Crippen LogP contribution is -2.25. The topological polar surface area (TPSA) is 63.2 Å². The summed E-state index contributed by atoms with van der Waals surface area (Å²) in [5.74, 6) is 1.25. The maximum absolute atomic E-state index is 12.4. The van der Waals surface area contributed by atoms with E-state index in [1.807, 2.05) is 72.8 Å². The van der Waals surface area contributed by atoms with Crippen molar-refractivity contribution in [2.45, 2.75) is 20.3 Å². The fourth-order valence-corrected chi connectivity index (χ4v) is 3.06. The van der Waals surface area contributed by atoms with Crippen LogP contribution in [0.4, 0.5) is 11.4 Å². The third-order valence-electron chi connectivity index (χ3n) is 4.78. The third kappa shape index (κ3) is 6.71. The normalized spacial score (nSPS) is 11.0. The van der Waals surface area contributed by atoms with Crippen LogP contribution in [0, 0.1) is 5.92 Å². The van der Waals surface area contributed by atoms with E-state index in [0.29, 0.717) is 18.0 Å². The number of aromatic nitrogens is 1. The first-order chi connectivity index (χ1) is 15.0. The molecule has 0 fully saturated rings. The zero-order chi connectivity index (χ0) is 22.1. The quantitative estimate of drug-likeness (QED) is 0.465. The van der Waals surface area contributed by atoms with E-state index in [1.54, 1.807) is 13.3 Å². The first-order valence-corrected chi connectivity index (χ1v) is 10.5. The monoisotopic (exact) mass is 415 g/mol. The van der Waals surface area contributed by atoms with Gasteiger partial charge in [-0.05, 0) is 67.0 Å². The van der Waals surface area contributed by atoms with E-state index in [0.717, 1.165) is 34.8 Å². The van der Waals surface area contributed by atoms with E-state index in [1.165, 1.54) is 0 Å². The smallest absolute Gasteiger partial charge is 0.251 e. The molecule has 0 saturated heterocycles. The van der Waals surface area contributed by atoms with Gasteiger partial charge < -0.3 is 15.4 Å². The van der Waals surface area contributed by atoms with Crippen LogP contribution in [0.2, 0.25) is 0 Å².